The van der Waals surface area contributed by atoms with Crippen LogP contribution in [0.2, 0.25) is 0 Å². The summed E-state index contributed by atoms with van der Waals surface area (Å²) in [6, 6.07) is 25.9. The van der Waals surface area contributed by atoms with Gasteiger partial charge in [0.2, 0.25) is 5.91 Å². The molecule has 1 heterocycles. The predicted molar refractivity (Wildman–Crippen MR) is 142 cm³/mol. The maximum absolute atomic E-state index is 12.8. The SMILES string of the molecule is O=C(C[C@H](Cc1ccccc1)NC(=O)Nc1ccc(Oc2ccccc2)cc1)NCCN1CCCC1. The Hall–Kier alpha value is -3.84. The summed E-state index contributed by atoms with van der Waals surface area (Å²) in [5.41, 5.74) is 1.71. The van der Waals surface area contributed by atoms with Gasteiger partial charge in [0, 0.05) is 31.2 Å². The van der Waals surface area contributed by atoms with Crippen molar-refractivity contribution in [2.75, 3.05) is 31.5 Å². The third-order valence-corrected chi connectivity index (χ3v) is 6.13. The fourth-order valence-electron chi connectivity index (χ4n) is 4.31. The van der Waals surface area contributed by atoms with E-state index in [2.05, 4.69) is 20.9 Å². The maximum Gasteiger partial charge on any atom is 0.319 e. The van der Waals surface area contributed by atoms with Crippen molar-refractivity contribution in [3.63, 3.8) is 0 Å². The molecule has 4 rings (SSSR count). The Morgan fingerprint density at radius 3 is 2.17 bits per heavy atom. The molecule has 0 saturated carbocycles. The van der Waals surface area contributed by atoms with E-state index >= 15 is 0 Å². The summed E-state index contributed by atoms with van der Waals surface area (Å²) in [6.07, 6.45) is 3.24. The molecule has 1 saturated heterocycles. The number of carbonyl (C=O) groups is 2. The summed E-state index contributed by atoms with van der Waals surface area (Å²) in [4.78, 5) is 27.8. The van der Waals surface area contributed by atoms with Gasteiger partial charge < -0.3 is 25.6 Å². The summed E-state index contributed by atoms with van der Waals surface area (Å²) < 4.78 is 5.80. The summed E-state index contributed by atoms with van der Waals surface area (Å²) >= 11 is 0. The Bertz CT molecular complexity index is 1080. The Kier molecular flexibility index (Phi) is 9.33. The van der Waals surface area contributed by atoms with Crippen LogP contribution in [0.4, 0.5) is 10.5 Å². The molecule has 3 aromatic rings. The zero-order valence-electron chi connectivity index (χ0n) is 20.5. The maximum atomic E-state index is 12.8. The number of anilines is 1. The van der Waals surface area contributed by atoms with Gasteiger partial charge >= 0.3 is 6.03 Å². The molecular weight excluding hydrogens is 452 g/mol. The first-order valence-corrected chi connectivity index (χ1v) is 12.6. The summed E-state index contributed by atoms with van der Waals surface area (Å²) in [7, 11) is 0. The fourth-order valence-corrected chi connectivity index (χ4v) is 4.31. The average Bonchev–Trinajstić information content (AvgIpc) is 3.40. The van der Waals surface area contributed by atoms with E-state index < -0.39 is 0 Å². The van der Waals surface area contributed by atoms with Crippen LogP contribution >= 0.6 is 0 Å². The highest BCUT2D eigenvalue weighted by atomic mass is 16.5. The second-order valence-corrected chi connectivity index (χ2v) is 9.03. The van der Waals surface area contributed by atoms with Crippen molar-refractivity contribution in [1.82, 2.24) is 15.5 Å². The number of hydrogen-bond acceptors (Lipinski definition) is 4. The van der Waals surface area contributed by atoms with Crippen molar-refractivity contribution in [1.29, 1.82) is 0 Å². The number of para-hydroxylation sites is 1. The molecule has 0 spiro atoms. The number of likely N-dealkylation sites (tertiary alicyclic amines) is 1. The first-order chi connectivity index (χ1) is 17.6. The first kappa shape index (κ1) is 25.3. The fraction of sp³-hybridized carbons (Fsp3) is 0.310. The normalized spacial score (nSPS) is 14.1. The van der Waals surface area contributed by atoms with Gasteiger partial charge in [0.15, 0.2) is 0 Å². The molecule has 0 bridgehead atoms. The highest BCUT2D eigenvalue weighted by Crippen LogP contribution is 2.22. The molecular formula is C29H34N4O3. The largest absolute Gasteiger partial charge is 0.457 e. The number of benzene rings is 3. The van der Waals surface area contributed by atoms with Gasteiger partial charge in [-0.05, 0) is 74.3 Å². The minimum Gasteiger partial charge on any atom is -0.457 e. The minimum absolute atomic E-state index is 0.0576. The first-order valence-electron chi connectivity index (χ1n) is 12.6. The molecule has 1 aliphatic heterocycles. The van der Waals surface area contributed by atoms with Crippen LogP contribution in [0.3, 0.4) is 0 Å². The zero-order valence-corrected chi connectivity index (χ0v) is 20.5. The van der Waals surface area contributed by atoms with Crippen LogP contribution in [0.25, 0.3) is 0 Å². The van der Waals surface area contributed by atoms with Gasteiger partial charge in [-0.2, -0.15) is 0 Å². The number of rotatable bonds is 11. The smallest absolute Gasteiger partial charge is 0.319 e. The van der Waals surface area contributed by atoms with Gasteiger partial charge in [-0.3, -0.25) is 4.79 Å². The van der Waals surface area contributed by atoms with E-state index in [1.807, 2.05) is 60.7 Å². The molecule has 0 radical (unpaired) electrons. The molecule has 7 nitrogen and oxygen atoms in total. The van der Waals surface area contributed by atoms with Gasteiger partial charge in [-0.15, -0.1) is 0 Å². The molecule has 188 valence electrons. The van der Waals surface area contributed by atoms with E-state index in [9.17, 15) is 9.59 Å². The lowest BCUT2D eigenvalue weighted by Gasteiger charge is -2.20. The number of ether oxygens (including phenoxy) is 1. The molecule has 36 heavy (non-hydrogen) atoms. The van der Waals surface area contributed by atoms with E-state index in [0.29, 0.717) is 24.4 Å². The van der Waals surface area contributed by atoms with E-state index in [0.717, 1.165) is 30.9 Å². The van der Waals surface area contributed by atoms with Gasteiger partial charge in [-0.25, -0.2) is 4.79 Å². The molecule has 7 heteroatoms. The van der Waals surface area contributed by atoms with Crippen LogP contribution in [-0.4, -0.2) is 49.1 Å². The van der Waals surface area contributed by atoms with Gasteiger partial charge in [-0.1, -0.05) is 48.5 Å². The highest BCUT2D eigenvalue weighted by Gasteiger charge is 2.18. The number of hydrogen-bond donors (Lipinski definition) is 3. The van der Waals surface area contributed by atoms with Crippen molar-refractivity contribution in [2.24, 2.45) is 0 Å². The summed E-state index contributed by atoms with van der Waals surface area (Å²) in [5, 5.41) is 8.85. The molecule has 1 aliphatic rings. The standard InChI is InChI=1S/C29H34N4O3/c34-28(30-17-20-33-18-7-8-19-33)22-25(21-23-9-3-1-4-10-23)32-29(35)31-24-13-15-27(16-14-24)36-26-11-5-2-6-12-26/h1-6,9-16,25H,7-8,17-22H2,(H,30,34)(H2,31,32,35)/t25-/m0/s1. The average molecular weight is 487 g/mol. The third kappa shape index (κ3) is 8.43. The Balaban J connectivity index is 1.29. The predicted octanol–water partition coefficient (Wildman–Crippen LogP) is 4.81. The monoisotopic (exact) mass is 486 g/mol. The van der Waals surface area contributed by atoms with E-state index in [1.54, 1.807) is 24.3 Å². The molecule has 3 aromatic carbocycles. The van der Waals surface area contributed by atoms with Gasteiger partial charge in [0.25, 0.3) is 0 Å². The Morgan fingerprint density at radius 1 is 0.833 bits per heavy atom. The van der Waals surface area contributed by atoms with Crippen LogP contribution < -0.4 is 20.7 Å². The topological polar surface area (TPSA) is 82.7 Å². The van der Waals surface area contributed by atoms with Crippen LogP contribution in [-0.2, 0) is 11.2 Å². The van der Waals surface area contributed by atoms with Crippen LogP contribution in [0.1, 0.15) is 24.8 Å². The molecule has 1 fully saturated rings. The van der Waals surface area contributed by atoms with E-state index in [-0.39, 0.29) is 24.4 Å². The number of carbonyl (C=O) groups excluding carboxylic acids is 2. The van der Waals surface area contributed by atoms with E-state index in [4.69, 9.17) is 4.74 Å². The van der Waals surface area contributed by atoms with Gasteiger partial charge in [0.1, 0.15) is 11.5 Å². The molecule has 3 amide bonds. The number of nitrogens with one attached hydrogen (secondary N) is 3. The molecule has 0 aromatic heterocycles. The second-order valence-electron chi connectivity index (χ2n) is 9.03. The van der Waals surface area contributed by atoms with E-state index in [1.165, 1.54) is 12.8 Å². The van der Waals surface area contributed by atoms with Crippen LogP contribution in [0.15, 0.2) is 84.9 Å². The summed E-state index contributed by atoms with van der Waals surface area (Å²) in [5.74, 6) is 1.37. The molecule has 1 atom stereocenters. The lowest BCUT2D eigenvalue weighted by molar-refractivity contribution is -0.121. The second kappa shape index (κ2) is 13.3. The van der Waals surface area contributed by atoms with Crippen molar-refractivity contribution < 1.29 is 14.3 Å². The highest BCUT2D eigenvalue weighted by molar-refractivity contribution is 5.90. The lowest BCUT2D eigenvalue weighted by Crippen LogP contribution is -2.43. The van der Waals surface area contributed by atoms with Crippen molar-refractivity contribution >= 4 is 17.6 Å². The van der Waals surface area contributed by atoms with Gasteiger partial charge in [0.05, 0.1) is 0 Å². The molecule has 0 unspecified atom stereocenters. The summed E-state index contributed by atoms with van der Waals surface area (Å²) in [6.45, 7) is 3.70. The van der Waals surface area contributed by atoms with Crippen LogP contribution in [0.5, 0.6) is 11.5 Å². The Morgan fingerprint density at radius 2 is 1.47 bits per heavy atom. The molecule has 3 N–H and O–H groups in total. The van der Waals surface area contributed by atoms with Crippen LogP contribution in [0, 0.1) is 0 Å². The molecule has 0 aliphatic carbocycles. The minimum atomic E-state index is -0.350. The number of amides is 3. The third-order valence-electron chi connectivity index (χ3n) is 6.13. The van der Waals surface area contributed by atoms with Crippen molar-refractivity contribution in [3.05, 3.63) is 90.5 Å². The quantitative estimate of drug-likeness (QED) is 0.363. The van der Waals surface area contributed by atoms with Crippen molar-refractivity contribution in [3.8, 4) is 11.5 Å². The Labute approximate surface area is 212 Å². The zero-order chi connectivity index (χ0) is 25.0. The van der Waals surface area contributed by atoms with Crippen molar-refractivity contribution in [2.45, 2.75) is 31.7 Å². The number of urea groups is 1. The number of nitrogens with zero attached hydrogens (tertiary/aromatic N) is 1. The lowest BCUT2D eigenvalue weighted by atomic mass is 10.0.